The molecule has 1 aromatic rings. The van der Waals surface area contributed by atoms with Crippen molar-refractivity contribution >= 4 is 18.0 Å². The van der Waals surface area contributed by atoms with Gasteiger partial charge in [0.15, 0.2) is 0 Å². The zero-order valence-corrected chi connectivity index (χ0v) is 23.8. The molecule has 3 rings (SSSR count). The molecule has 8 heteroatoms. The highest BCUT2D eigenvalue weighted by Crippen LogP contribution is 2.38. The lowest BCUT2D eigenvalue weighted by Gasteiger charge is -2.50. The predicted molar refractivity (Wildman–Crippen MR) is 142 cm³/mol. The van der Waals surface area contributed by atoms with E-state index in [4.69, 9.17) is 14.2 Å². The predicted octanol–water partition coefficient (Wildman–Crippen LogP) is 4.89. The Kier molecular flexibility index (Phi) is 8.18. The maximum absolute atomic E-state index is 13.5. The Balaban J connectivity index is 1.86. The summed E-state index contributed by atoms with van der Waals surface area (Å²) in [6, 6.07) is 7.07. The van der Waals surface area contributed by atoms with Gasteiger partial charge in [0.2, 0.25) is 0 Å². The molecule has 2 saturated heterocycles. The number of hydroxylamine groups is 2. The van der Waals surface area contributed by atoms with Gasteiger partial charge in [-0.2, -0.15) is 5.06 Å². The standard InChI is InChI=1S/C29H44N2O6/c1-26(2)15-21(16-27(3,4)30-26)36-24(32)23(14-19-10-12-20(35-9)13-11-19)25(33)37-22-17-28(5,6)31(34)29(7,8)18-22/h10-14,21-22,30,34H,15-18H2,1-9H3. The monoisotopic (exact) mass is 516 g/mol. The molecule has 0 spiro atoms. The lowest BCUT2D eigenvalue weighted by molar-refractivity contribution is -0.259. The van der Waals surface area contributed by atoms with Gasteiger partial charge in [0.05, 0.1) is 7.11 Å². The lowest BCUT2D eigenvalue weighted by Crippen LogP contribution is -2.60. The molecule has 0 bridgehead atoms. The number of benzene rings is 1. The maximum atomic E-state index is 13.5. The summed E-state index contributed by atoms with van der Waals surface area (Å²) in [7, 11) is 1.58. The number of methoxy groups -OCH3 is 1. The van der Waals surface area contributed by atoms with Gasteiger partial charge < -0.3 is 24.7 Å². The number of carbonyl (C=O) groups excluding carboxylic acids is 2. The van der Waals surface area contributed by atoms with Gasteiger partial charge in [-0.1, -0.05) is 12.1 Å². The molecule has 0 unspecified atom stereocenters. The van der Waals surface area contributed by atoms with E-state index in [1.165, 1.54) is 11.1 Å². The van der Waals surface area contributed by atoms with E-state index >= 15 is 0 Å². The van der Waals surface area contributed by atoms with Crippen molar-refractivity contribution in [1.29, 1.82) is 0 Å². The van der Waals surface area contributed by atoms with Crippen LogP contribution >= 0.6 is 0 Å². The normalized spacial score (nSPS) is 23.8. The molecular weight excluding hydrogens is 472 g/mol. The van der Waals surface area contributed by atoms with Crippen LogP contribution in [0.15, 0.2) is 29.8 Å². The van der Waals surface area contributed by atoms with Crippen LogP contribution in [0.4, 0.5) is 0 Å². The number of nitrogens with one attached hydrogen (secondary N) is 1. The molecule has 0 radical (unpaired) electrons. The van der Waals surface area contributed by atoms with Gasteiger partial charge in [-0.05, 0) is 79.2 Å². The largest absolute Gasteiger partial charge is 0.497 e. The van der Waals surface area contributed by atoms with Crippen molar-refractivity contribution in [3.63, 3.8) is 0 Å². The zero-order valence-electron chi connectivity index (χ0n) is 23.8. The first-order valence-electron chi connectivity index (χ1n) is 13.0. The summed E-state index contributed by atoms with van der Waals surface area (Å²) in [5.74, 6) is -0.753. The topological polar surface area (TPSA) is 97.3 Å². The first kappa shape index (κ1) is 29.1. The zero-order chi connectivity index (χ0) is 27.8. The summed E-state index contributed by atoms with van der Waals surface area (Å²) in [6.07, 6.45) is 2.82. The fourth-order valence-electron chi connectivity index (χ4n) is 6.07. The third kappa shape index (κ3) is 7.33. The first-order chi connectivity index (χ1) is 16.9. The van der Waals surface area contributed by atoms with Gasteiger partial charge in [-0.3, -0.25) is 0 Å². The molecule has 206 valence electrons. The molecular formula is C29H44N2O6. The molecule has 0 amide bonds. The van der Waals surface area contributed by atoms with Gasteiger partial charge in [0.25, 0.3) is 0 Å². The minimum atomic E-state index is -0.726. The summed E-state index contributed by atoms with van der Waals surface area (Å²) >= 11 is 0. The third-order valence-electron chi connectivity index (χ3n) is 7.17. The molecule has 2 N–H and O–H groups in total. The number of hydrogen-bond acceptors (Lipinski definition) is 8. The maximum Gasteiger partial charge on any atom is 0.345 e. The van der Waals surface area contributed by atoms with E-state index in [0.717, 1.165) is 0 Å². The Labute approximate surface area is 221 Å². The van der Waals surface area contributed by atoms with Gasteiger partial charge >= 0.3 is 11.9 Å². The molecule has 0 atom stereocenters. The van der Waals surface area contributed by atoms with Crippen molar-refractivity contribution in [1.82, 2.24) is 10.4 Å². The highest BCUT2D eigenvalue weighted by molar-refractivity contribution is 6.17. The summed E-state index contributed by atoms with van der Waals surface area (Å²) < 4.78 is 17.1. The molecule has 1 aromatic carbocycles. The molecule has 0 aromatic heterocycles. The highest BCUT2D eigenvalue weighted by Gasteiger charge is 2.47. The number of carbonyl (C=O) groups is 2. The smallest absolute Gasteiger partial charge is 0.345 e. The van der Waals surface area contributed by atoms with Crippen molar-refractivity contribution in [3.05, 3.63) is 35.4 Å². The quantitative estimate of drug-likeness (QED) is 0.239. The second-order valence-corrected chi connectivity index (χ2v) is 13.0. The van der Waals surface area contributed by atoms with Crippen LogP contribution in [-0.4, -0.2) is 63.7 Å². The van der Waals surface area contributed by atoms with Crippen LogP contribution in [0.1, 0.15) is 86.6 Å². The summed E-state index contributed by atoms with van der Waals surface area (Å²) in [6.45, 7) is 15.9. The number of ether oxygens (including phenoxy) is 3. The number of nitrogens with zero attached hydrogens (tertiary/aromatic N) is 1. The van der Waals surface area contributed by atoms with Crippen LogP contribution in [0.25, 0.3) is 6.08 Å². The second-order valence-electron chi connectivity index (χ2n) is 13.0. The first-order valence-corrected chi connectivity index (χ1v) is 13.0. The average Bonchev–Trinajstić information content (AvgIpc) is 2.73. The van der Waals surface area contributed by atoms with E-state index in [1.54, 1.807) is 31.4 Å². The fourth-order valence-corrected chi connectivity index (χ4v) is 6.07. The van der Waals surface area contributed by atoms with E-state index in [2.05, 4.69) is 33.0 Å². The average molecular weight is 517 g/mol. The molecule has 2 aliphatic rings. The molecule has 2 heterocycles. The Morgan fingerprint density at radius 3 is 1.70 bits per heavy atom. The van der Waals surface area contributed by atoms with Crippen LogP contribution in [0.3, 0.4) is 0 Å². The minimum Gasteiger partial charge on any atom is -0.497 e. The number of esters is 2. The highest BCUT2D eigenvalue weighted by atomic mass is 16.6. The Hall–Kier alpha value is -2.42. The van der Waals surface area contributed by atoms with Crippen LogP contribution in [0.2, 0.25) is 0 Å². The van der Waals surface area contributed by atoms with Crippen LogP contribution in [-0.2, 0) is 19.1 Å². The van der Waals surface area contributed by atoms with Crippen molar-refractivity contribution in [2.24, 2.45) is 0 Å². The van der Waals surface area contributed by atoms with E-state index < -0.39 is 29.1 Å². The van der Waals surface area contributed by atoms with Crippen molar-refractivity contribution in [2.45, 2.75) is 115 Å². The van der Waals surface area contributed by atoms with Crippen LogP contribution in [0, 0.1) is 0 Å². The summed E-state index contributed by atoms with van der Waals surface area (Å²) in [5.41, 5.74) is -1.13. The molecule has 8 nitrogen and oxygen atoms in total. The second kappa shape index (κ2) is 10.4. The van der Waals surface area contributed by atoms with Gasteiger partial charge in [-0.15, -0.1) is 0 Å². The summed E-state index contributed by atoms with van der Waals surface area (Å²) in [5, 5.41) is 15.5. The van der Waals surface area contributed by atoms with Crippen molar-refractivity contribution < 1.29 is 29.0 Å². The van der Waals surface area contributed by atoms with Gasteiger partial charge in [0, 0.05) is 47.8 Å². The molecule has 37 heavy (non-hydrogen) atoms. The molecule has 0 saturated carbocycles. The van der Waals surface area contributed by atoms with E-state index in [-0.39, 0.29) is 22.8 Å². The Bertz CT molecular complexity index is 991. The Morgan fingerprint density at radius 1 is 0.838 bits per heavy atom. The van der Waals surface area contributed by atoms with Gasteiger partial charge in [0.1, 0.15) is 23.5 Å². The number of hydrogen-bond donors (Lipinski definition) is 2. The van der Waals surface area contributed by atoms with Crippen LogP contribution in [0.5, 0.6) is 5.75 Å². The Morgan fingerprint density at radius 2 is 1.27 bits per heavy atom. The van der Waals surface area contributed by atoms with Crippen LogP contribution < -0.4 is 10.1 Å². The fraction of sp³-hybridized carbons (Fsp3) is 0.655. The van der Waals surface area contributed by atoms with Crippen molar-refractivity contribution in [3.8, 4) is 5.75 Å². The summed E-state index contributed by atoms with van der Waals surface area (Å²) in [4.78, 5) is 26.9. The van der Waals surface area contributed by atoms with E-state index in [1.807, 2.05) is 27.7 Å². The molecule has 0 aliphatic carbocycles. The molecule has 2 aliphatic heterocycles. The van der Waals surface area contributed by atoms with E-state index in [9.17, 15) is 14.8 Å². The SMILES string of the molecule is COc1ccc(C=C(C(=O)OC2CC(C)(C)NC(C)(C)C2)C(=O)OC2CC(C)(C)N(O)C(C)(C)C2)cc1. The molecule has 2 fully saturated rings. The van der Waals surface area contributed by atoms with Gasteiger partial charge in [-0.25, -0.2) is 9.59 Å². The van der Waals surface area contributed by atoms with Crippen molar-refractivity contribution in [2.75, 3.05) is 7.11 Å². The number of piperidine rings is 2. The minimum absolute atomic E-state index is 0.152. The number of rotatable bonds is 6. The third-order valence-corrected chi connectivity index (χ3v) is 7.17. The lowest BCUT2D eigenvalue weighted by atomic mass is 9.80. The van der Waals surface area contributed by atoms with E-state index in [0.29, 0.717) is 37.0 Å².